The number of hydrogen-bond donors (Lipinski definition) is 2. The lowest BCUT2D eigenvalue weighted by atomic mass is 10.0. The average molecular weight is 365 g/mol. The molecule has 2 N–H and O–H groups in total. The Morgan fingerprint density at radius 2 is 1.73 bits per heavy atom. The zero-order valence-electron chi connectivity index (χ0n) is 17.4. The van der Waals surface area contributed by atoms with Crippen molar-refractivity contribution in [2.45, 2.75) is 32.4 Å². The third-order valence-corrected chi connectivity index (χ3v) is 4.26. The van der Waals surface area contributed by atoms with Crippen molar-refractivity contribution in [2.24, 2.45) is 5.92 Å². The van der Waals surface area contributed by atoms with Crippen molar-refractivity contribution in [3.63, 3.8) is 0 Å². The molecule has 0 heterocycles. The lowest BCUT2D eigenvalue weighted by molar-refractivity contribution is 0.222. The van der Waals surface area contributed by atoms with Gasteiger partial charge >= 0.3 is 6.03 Å². The Morgan fingerprint density at radius 1 is 1.12 bits per heavy atom. The average Bonchev–Trinajstić information content (AvgIpc) is 2.54. The molecule has 0 aliphatic rings. The minimum atomic E-state index is -0.113. The molecule has 0 saturated heterocycles. The van der Waals surface area contributed by atoms with Gasteiger partial charge in [0.25, 0.3) is 0 Å². The van der Waals surface area contributed by atoms with Crippen molar-refractivity contribution < 1.29 is 9.53 Å². The van der Waals surface area contributed by atoms with Crippen molar-refractivity contribution in [3.05, 3.63) is 29.8 Å². The highest BCUT2D eigenvalue weighted by Crippen LogP contribution is 2.20. The summed E-state index contributed by atoms with van der Waals surface area (Å²) in [6, 6.07) is 8.10. The minimum absolute atomic E-state index is 0.101. The maximum atomic E-state index is 12.4. The first-order valence-electron chi connectivity index (χ1n) is 9.22. The monoisotopic (exact) mass is 364 g/mol. The maximum absolute atomic E-state index is 12.4. The van der Waals surface area contributed by atoms with Crippen LogP contribution in [0.15, 0.2) is 24.3 Å². The summed E-state index contributed by atoms with van der Waals surface area (Å²) in [7, 11) is 9.74. The van der Waals surface area contributed by atoms with Crippen LogP contribution in [-0.2, 0) is 0 Å². The molecule has 2 unspecified atom stereocenters. The molecule has 0 spiro atoms. The van der Waals surface area contributed by atoms with Gasteiger partial charge in [-0.25, -0.2) is 4.79 Å². The highest BCUT2D eigenvalue weighted by molar-refractivity contribution is 5.74. The largest absolute Gasteiger partial charge is 0.497 e. The van der Waals surface area contributed by atoms with Crippen molar-refractivity contribution in [3.8, 4) is 5.75 Å². The number of nitrogens with zero attached hydrogens (tertiary/aromatic N) is 2. The number of likely N-dealkylation sites (N-methyl/N-ethyl adjacent to an activating group) is 2. The molecule has 2 atom stereocenters. The lowest BCUT2D eigenvalue weighted by Gasteiger charge is -2.27. The molecule has 1 rings (SSSR count). The van der Waals surface area contributed by atoms with Crippen molar-refractivity contribution in [1.82, 2.24) is 20.4 Å². The molecule has 0 aromatic heterocycles. The summed E-state index contributed by atoms with van der Waals surface area (Å²) in [6.07, 6.45) is 0.960. The van der Waals surface area contributed by atoms with Gasteiger partial charge < -0.3 is 25.2 Å². The van der Waals surface area contributed by atoms with Gasteiger partial charge in [0.2, 0.25) is 0 Å². The van der Waals surface area contributed by atoms with Gasteiger partial charge in [-0.2, -0.15) is 0 Å². The quantitative estimate of drug-likeness (QED) is 0.670. The highest BCUT2D eigenvalue weighted by atomic mass is 16.5. The van der Waals surface area contributed by atoms with E-state index in [1.54, 1.807) is 7.11 Å². The Kier molecular flexibility index (Phi) is 9.44. The van der Waals surface area contributed by atoms with Gasteiger partial charge in [-0.1, -0.05) is 26.0 Å². The smallest absolute Gasteiger partial charge is 0.315 e. The van der Waals surface area contributed by atoms with E-state index in [1.165, 1.54) is 0 Å². The molecule has 0 radical (unpaired) electrons. The third kappa shape index (κ3) is 8.06. The van der Waals surface area contributed by atoms with Gasteiger partial charge in [-0.05, 0) is 58.2 Å². The van der Waals surface area contributed by atoms with Crippen LogP contribution in [0.25, 0.3) is 0 Å². The summed E-state index contributed by atoms with van der Waals surface area (Å²) in [5.41, 5.74) is 1.14. The van der Waals surface area contributed by atoms with E-state index in [9.17, 15) is 4.79 Å². The molecule has 0 aliphatic carbocycles. The van der Waals surface area contributed by atoms with Crippen LogP contribution >= 0.6 is 0 Å². The van der Waals surface area contributed by atoms with Gasteiger partial charge in [-0.3, -0.25) is 0 Å². The molecule has 1 aromatic carbocycles. The summed E-state index contributed by atoms with van der Waals surface area (Å²) in [5, 5.41) is 6.14. The molecular formula is C20H36N4O2. The third-order valence-electron chi connectivity index (χ3n) is 4.26. The van der Waals surface area contributed by atoms with Crippen LogP contribution in [0.1, 0.15) is 31.9 Å². The Morgan fingerprint density at radius 3 is 2.19 bits per heavy atom. The first-order chi connectivity index (χ1) is 12.2. The van der Waals surface area contributed by atoms with E-state index >= 15 is 0 Å². The number of methoxy groups -OCH3 is 1. The molecule has 6 nitrogen and oxygen atoms in total. The number of carbonyl (C=O) groups excluding carboxylic acids is 1. The van der Waals surface area contributed by atoms with E-state index in [0.717, 1.165) is 24.3 Å². The van der Waals surface area contributed by atoms with Crippen LogP contribution < -0.4 is 15.4 Å². The fourth-order valence-electron chi connectivity index (χ4n) is 3.04. The van der Waals surface area contributed by atoms with E-state index in [4.69, 9.17) is 4.74 Å². The molecule has 0 fully saturated rings. The second-order valence-corrected chi connectivity index (χ2v) is 7.70. The van der Waals surface area contributed by atoms with Crippen LogP contribution in [0.4, 0.5) is 4.79 Å². The van der Waals surface area contributed by atoms with Crippen LogP contribution in [0, 0.1) is 5.92 Å². The lowest BCUT2D eigenvalue weighted by Crippen LogP contribution is -2.48. The van der Waals surface area contributed by atoms with Crippen LogP contribution in [0.3, 0.4) is 0 Å². The molecule has 6 heteroatoms. The standard InChI is InChI=1S/C20H36N4O2/c1-15(2)12-17(14-23(3)4)22-20(25)21-13-19(24(5)6)16-8-10-18(26-7)11-9-16/h8-11,15,17,19H,12-14H2,1-7H3,(H2,21,22,25). The van der Waals surface area contributed by atoms with Gasteiger partial charge in [0.05, 0.1) is 13.2 Å². The number of ether oxygens (including phenoxy) is 1. The van der Waals surface area contributed by atoms with E-state index in [2.05, 4.69) is 34.3 Å². The van der Waals surface area contributed by atoms with Crippen molar-refractivity contribution in [1.29, 1.82) is 0 Å². The Bertz CT molecular complexity index is 519. The Labute approximate surface area is 158 Å². The number of nitrogens with one attached hydrogen (secondary N) is 2. The summed E-state index contributed by atoms with van der Waals surface area (Å²) < 4.78 is 5.22. The number of urea groups is 1. The molecule has 148 valence electrons. The first-order valence-corrected chi connectivity index (χ1v) is 9.22. The molecule has 0 saturated carbocycles. The summed E-state index contributed by atoms with van der Waals surface area (Å²) in [5.74, 6) is 1.37. The second kappa shape index (κ2) is 11.0. The predicted molar refractivity (Wildman–Crippen MR) is 108 cm³/mol. The molecule has 1 aromatic rings. The van der Waals surface area contributed by atoms with Crippen LogP contribution in [0.5, 0.6) is 5.75 Å². The topological polar surface area (TPSA) is 56.8 Å². The van der Waals surface area contributed by atoms with Gasteiger partial charge in [0.15, 0.2) is 0 Å². The number of benzene rings is 1. The zero-order valence-corrected chi connectivity index (χ0v) is 17.4. The SMILES string of the molecule is COc1ccc(C(CNC(=O)NC(CC(C)C)CN(C)C)N(C)C)cc1. The van der Waals surface area contributed by atoms with Gasteiger partial charge in [0.1, 0.15) is 5.75 Å². The fraction of sp³-hybridized carbons (Fsp3) is 0.650. The molecule has 2 amide bonds. The van der Waals surface area contributed by atoms with Gasteiger partial charge in [0, 0.05) is 19.1 Å². The highest BCUT2D eigenvalue weighted by Gasteiger charge is 2.18. The van der Waals surface area contributed by atoms with Crippen LogP contribution in [0.2, 0.25) is 0 Å². The fourth-order valence-corrected chi connectivity index (χ4v) is 3.04. The first kappa shape index (κ1) is 22.3. The summed E-state index contributed by atoms with van der Waals surface area (Å²) >= 11 is 0. The van der Waals surface area contributed by atoms with E-state index in [1.807, 2.05) is 52.5 Å². The maximum Gasteiger partial charge on any atom is 0.315 e. The number of hydrogen-bond acceptors (Lipinski definition) is 4. The summed E-state index contributed by atoms with van der Waals surface area (Å²) in [6.45, 7) is 5.73. The zero-order chi connectivity index (χ0) is 19.7. The minimum Gasteiger partial charge on any atom is -0.497 e. The normalized spacial score (nSPS) is 13.8. The van der Waals surface area contributed by atoms with Crippen molar-refractivity contribution >= 4 is 6.03 Å². The van der Waals surface area contributed by atoms with Crippen molar-refractivity contribution in [2.75, 3.05) is 48.4 Å². The molecule has 26 heavy (non-hydrogen) atoms. The van der Waals surface area contributed by atoms with Gasteiger partial charge in [-0.15, -0.1) is 0 Å². The second-order valence-electron chi connectivity index (χ2n) is 7.70. The number of carbonyl (C=O) groups is 1. The van der Waals surface area contributed by atoms with E-state index in [-0.39, 0.29) is 18.1 Å². The number of rotatable bonds is 10. The Balaban J connectivity index is 2.64. The van der Waals surface area contributed by atoms with E-state index < -0.39 is 0 Å². The Hall–Kier alpha value is -1.79. The predicted octanol–water partition coefficient (Wildman–Crippen LogP) is 2.57. The molecule has 0 bridgehead atoms. The molecular weight excluding hydrogens is 328 g/mol. The summed E-state index contributed by atoms with van der Waals surface area (Å²) in [4.78, 5) is 16.6. The molecule has 0 aliphatic heterocycles. The number of amides is 2. The van der Waals surface area contributed by atoms with Crippen LogP contribution in [-0.4, -0.2) is 70.3 Å². The van der Waals surface area contributed by atoms with E-state index in [0.29, 0.717) is 12.5 Å².